The number of alkyl halides is 12. The van der Waals surface area contributed by atoms with Crippen molar-refractivity contribution in [1.29, 1.82) is 0 Å². The summed E-state index contributed by atoms with van der Waals surface area (Å²) in [6.07, 6.45) is -40.0. The number of carbonyl (C=O) groups excluding carboxylic acids is 1. The molecule has 6 nitrogen and oxygen atoms in total. The molecule has 0 rings (SSSR count). The van der Waals surface area contributed by atoms with Crippen LogP contribution in [0.15, 0.2) is 0 Å². The molecule has 0 spiro atoms. The fourth-order valence-corrected chi connectivity index (χ4v) is 0.836. The molecule has 0 aromatic heterocycles. The van der Waals surface area contributed by atoms with Crippen LogP contribution in [0.2, 0.25) is 0 Å². The summed E-state index contributed by atoms with van der Waals surface area (Å²) in [6, 6.07) is 0. The first-order valence-electron chi connectivity index (χ1n) is 5.62. The van der Waals surface area contributed by atoms with Crippen molar-refractivity contribution in [2.45, 2.75) is 43.6 Å². The maximum atomic E-state index is 12.9. The van der Waals surface area contributed by atoms with Gasteiger partial charge in [0.05, 0.1) is 0 Å². The van der Waals surface area contributed by atoms with Crippen LogP contribution in [-0.2, 0) is 23.8 Å². The number of rotatable bonds is 10. The largest absolute Gasteiger partial charge is 0.475 e. The van der Waals surface area contributed by atoms with Gasteiger partial charge in [0.1, 0.15) is 0 Å². The van der Waals surface area contributed by atoms with Gasteiger partial charge in [-0.1, -0.05) is 0 Å². The summed E-state index contributed by atoms with van der Waals surface area (Å²) in [4.78, 5) is 20.0. The smallest absolute Gasteiger partial charge is 0.460 e. The van der Waals surface area contributed by atoms with Crippen molar-refractivity contribution in [3.05, 3.63) is 0 Å². The quantitative estimate of drug-likeness (QED) is 0.530. The molecule has 18 heteroatoms. The summed E-state index contributed by atoms with van der Waals surface area (Å²) in [6.45, 7) is -0.181. The van der Waals surface area contributed by atoms with E-state index in [1.165, 1.54) is 0 Å². The number of carbonyl (C=O) groups is 2. The molecular formula is C9H4F12O6. The van der Waals surface area contributed by atoms with Crippen LogP contribution in [0.3, 0.4) is 0 Å². The Morgan fingerprint density at radius 3 is 1.11 bits per heavy atom. The molecule has 0 amide bonds. The molecule has 0 aliphatic heterocycles. The van der Waals surface area contributed by atoms with Gasteiger partial charge in [-0.2, -0.15) is 52.7 Å². The van der Waals surface area contributed by atoms with Crippen LogP contribution in [0.25, 0.3) is 0 Å². The van der Waals surface area contributed by atoms with Gasteiger partial charge in [0.2, 0.25) is 5.78 Å². The zero-order chi connectivity index (χ0) is 22.3. The summed E-state index contributed by atoms with van der Waals surface area (Å²) >= 11 is 0. The normalized spacial score (nSPS) is 15.0. The number of hydrogen-bond acceptors (Lipinski definition) is 5. The molecule has 27 heavy (non-hydrogen) atoms. The maximum absolute atomic E-state index is 12.9. The van der Waals surface area contributed by atoms with Gasteiger partial charge in [-0.05, 0) is 0 Å². The number of ether oxygens (including phenoxy) is 3. The van der Waals surface area contributed by atoms with E-state index in [9.17, 15) is 62.3 Å². The fourth-order valence-electron chi connectivity index (χ4n) is 0.836. The average Bonchev–Trinajstić information content (AvgIpc) is 2.33. The lowest BCUT2D eigenvalue weighted by Crippen LogP contribution is -2.58. The second-order valence-electron chi connectivity index (χ2n) is 4.27. The van der Waals surface area contributed by atoms with Gasteiger partial charge < -0.3 is 5.11 Å². The van der Waals surface area contributed by atoms with E-state index in [0.717, 1.165) is 0 Å². The summed E-state index contributed by atoms with van der Waals surface area (Å²) < 4.78 is 158. The van der Waals surface area contributed by atoms with E-state index in [1.54, 1.807) is 9.47 Å². The van der Waals surface area contributed by atoms with Crippen LogP contribution in [0, 0.1) is 0 Å². The minimum Gasteiger partial charge on any atom is -0.475 e. The molecule has 0 aliphatic carbocycles. The van der Waals surface area contributed by atoms with Crippen molar-refractivity contribution in [2.24, 2.45) is 0 Å². The molecular weight excluding hydrogens is 432 g/mol. The maximum Gasteiger partial charge on any atom is 0.460 e. The number of carboxylic acids is 1. The number of Topliss-reactive ketones (excluding diaryl/α,β-unsaturated/α-hetero) is 1. The van der Waals surface area contributed by atoms with Gasteiger partial charge in [-0.3, -0.25) is 4.79 Å². The molecule has 160 valence electrons. The van der Waals surface area contributed by atoms with E-state index in [0.29, 0.717) is 0 Å². The third-order valence-electron chi connectivity index (χ3n) is 2.11. The molecule has 0 atom stereocenters. The van der Waals surface area contributed by atoms with E-state index in [2.05, 4.69) is 0 Å². The zero-order valence-electron chi connectivity index (χ0n) is 12.0. The van der Waals surface area contributed by atoms with Crippen LogP contribution >= 0.6 is 0 Å². The lowest BCUT2D eigenvalue weighted by molar-refractivity contribution is -0.551. The van der Waals surface area contributed by atoms with E-state index >= 15 is 0 Å². The summed E-state index contributed by atoms with van der Waals surface area (Å²) in [5.74, 6) is -6.28. The van der Waals surface area contributed by atoms with Crippen molar-refractivity contribution in [1.82, 2.24) is 0 Å². The van der Waals surface area contributed by atoms with Crippen LogP contribution in [-0.4, -0.2) is 53.5 Å². The van der Waals surface area contributed by atoms with Crippen molar-refractivity contribution < 1.29 is 81.6 Å². The minimum absolute atomic E-state index is 0.181. The highest BCUT2D eigenvalue weighted by atomic mass is 19.4. The van der Waals surface area contributed by atoms with Gasteiger partial charge in [-0.15, -0.1) is 0 Å². The summed E-state index contributed by atoms with van der Waals surface area (Å²) in [5, 5.41) is 7.71. The second kappa shape index (κ2) is 6.97. The number of carboxylic acid groups (broad SMARTS) is 1. The monoisotopic (exact) mass is 436 g/mol. The Labute approximate surface area is 138 Å². The first kappa shape index (κ1) is 25.2. The summed E-state index contributed by atoms with van der Waals surface area (Å²) in [7, 11) is 0. The van der Waals surface area contributed by atoms with Gasteiger partial charge in [-0.25, -0.2) is 19.0 Å². The van der Waals surface area contributed by atoms with Crippen molar-refractivity contribution in [3.63, 3.8) is 0 Å². The fraction of sp³-hybridized carbons (Fsp3) is 0.778. The van der Waals surface area contributed by atoms with Gasteiger partial charge in [0, 0.05) is 6.92 Å². The average molecular weight is 436 g/mol. The lowest BCUT2D eigenvalue weighted by atomic mass is 10.4. The number of ketones is 1. The molecule has 1 N–H and O–H groups in total. The molecule has 0 aromatic carbocycles. The molecule has 0 aromatic rings. The first-order chi connectivity index (χ1) is 11.5. The number of hydrogen-bond donors (Lipinski definition) is 1. The van der Waals surface area contributed by atoms with E-state index < -0.39 is 48.4 Å². The van der Waals surface area contributed by atoms with E-state index in [1.807, 2.05) is 4.74 Å². The van der Waals surface area contributed by atoms with Crippen LogP contribution in [0.5, 0.6) is 0 Å². The SMILES string of the molecule is CC(=O)C(F)(F)OC(F)(F)C(F)(F)OC(F)(F)C(F)(F)OC(F)(F)C(=O)O. The molecule has 0 radical (unpaired) electrons. The Bertz CT molecular complexity index is 538. The predicted molar refractivity (Wildman–Crippen MR) is 51.3 cm³/mol. The Kier molecular flexibility index (Phi) is 6.50. The third-order valence-corrected chi connectivity index (χ3v) is 2.11. The highest BCUT2D eigenvalue weighted by Gasteiger charge is 2.74. The zero-order valence-corrected chi connectivity index (χ0v) is 12.0. The van der Waals surface area contributed by atoms with Crippen molar-refractivity contribution in [3.8, 4) is 0 Å². The molecule has 0 heterocycles. The van der Waals surface area contributed by atoms with Crippen LogP contribution < -0.4 is 0 Å². The minimum atomic E-state index is -7.15. The van der Waals surface area contributed by atoms with E-state index in [-0.39, 0.29) is 6.92 Å². The van der Waals surface area contributed by atoms with Gasteiger partial charge in [0.25, 0.3) is 0 Å². The Morgan fingerprint density at radius 1 is 0.593 bits per heavy atom. The van der Waals surface area contributed by atoms with Crippen molar-refractivity contribution in [2.75, 3.05) is 0 Å². The lowest BCUT2D eigenvalue weighted by Gasteiger charge is -2.33. The molecule has 0 fully saturated rings. The highest BCUT2D eigenvalue weighted by molar-refractivity contribution is 5.81. The molecule has 0 aliphatic rings. The van der Waals surface area contributed by atoms with Gasteiger partial charge in [0.15, 0.2) is 0 Å². The standard InChI is InChI=1S/C9H4F12O6/c1-2(22)4(10,11)25-6(14,15)8(18,19)27-9(20,21)7(16,17)26-5(12,13)3(23)24/h1H3,(H,23,24). The predicted octanol–water partition coefficient (Wildman–Crippen LogP) is 3.27. The second-order valence-corrected chi connectivity index (χ2v) is 4.27. The molecule has 0 saturated carbocycles. The third kappa shape index (κ3) is 5.58. The first-order valence-corrected chi connectivity index (χ1v) is 5.62. The Hall–Kier alpha value is -1.82. The molecule has 0 saturated heterocycles. The highest BCUT2D eigenvalue weighted by Crippen LogP contribution is 2.48. The number of aliphatic carboxylic acids is 1. The van der Waals surface area contributed by atoms with E-state index in [4.69, 9.17) is 5.11 Å². The van der Waals surface area contributed by atoms with Crippen LogP contribution in [0.4, 0.5) is 52.7 Å². The number of halogens is 12. The van der Waals surface area contributed by atoms with Crippen molar-refractivity contribution >= 4 is 11.8 Å². The van der Waals surface area contributed by atoms with Crippen LogP contribution in [0.1, 0.15) is 6.92 Å². The Morgan fingerprint density at radius 2 is 0.852 bits per heavy atom. The topological polar surface area (TPSA) is 82.1 Å². The molecule has 0 unspecified atom stereocenters. The Balaban J connectivity index is 5.67. The van der Waals surface area contributed by atoms with Gasteiger partial charge >= 0.3 is 42.6 Å². The summed E-state index contributed by atoms with van der Waals surface area (Å²) in [5.41, 5.74) is 0. The molecule has 0 bridgehead atoms.